The van der Waals surface area contributed by atoms with Gasteiger partial charge in [0, 0.05) is 11.3 Å². The minimum absolute atomic E-state index is 0.102. The van der Waals surface area contributed by atoms with Gasteiger partial charge in [0.1, 0.15) is 11.9 Å². The Balaban J connectivity index is 2.29. The molecule has 0 aliphatic carbocycles. The molecule has 1 amide bonds. The fourth-order valence-electron chi connectivity index (χ4n) is 1.63. The van der Waals surface area contributed by atoms with Crippen LogP contribution in [0.2, 0.25) is 0 Å². The zero-order valence-corrected chi connectivity index (χ0v) is 9.85. The van der Waals surface area contributed by atoms with Crippen molar-refractivity contribution in [3.8, 4) is 6.07 Å². The Hall–Kier alpha value is -2.87. The predicted molar refractivity (Wildman–Crippen MR) is 69.9 cm³/mol. The average molecular weight is 255 g/mol. The average Bonchev–Trinajstić information content (AvgIpc) is 2.38. The van der Waals surface area contributed by atoms with Crippen molar-refractivity contribution >= 4 is 17.3 Å². The van der Waals surface area contributed by atoms with Gasteiger partial charge in [0.25, 0.3) is 5.91 Å². The van der Waals surface area contributed by atoms with Crippen molar-refractivity contribution in [1.82, 2.24) is 0 Å². The SMILES string of the molecule is N#Cc1ccccc1NC(=O)c1cc(N)cc(F)c1. The lowest BCUT2D eigenvalue weighted by atomic mass is 10.1. The maximum Gasteiger partial charge on any atom is 0.255 e. The van der Waals surface area contributed by atoms with E-state index in [1.54, 1.807) is 24.3 Å². The molecule has 0 aromatic heterocycles. The van der Waals surface area contributed by atoms with Gasteiger partial charge in [-0.1, -0.05) is 12.1 Å². The second-order valence-corrected chi connectivity index (χ2v) is 3.88. The van der Waals surface area contributed by atoms with Crippen molar-refractivity contribution in [2.75, 3.05) is 11.1 Å². The highest BCUT2D eigenvalue weighted by Gasteiger charge is 2.10. The zero-order valence-electron chi connectivity index (χ0n) is 9.85. The monoisotopic (exact) mass is 255 g/mol. The summed E-state index contributed by atoms with van der Waals surface area (Å²) in [4.78, 5) is 11.9. The van der Waals surface area contributed by atoms with Crippen LogP contribution in [0.4, 0.5) is 15.8 Å². The molecular weight excluding hydrogens is 245 g/mol. The summed E-state index contributed by atoms with van der Waals surface area (Å²) in [5, 5.41) is 11.5. The molecule has 0 saturated heterocycles. The molecule has 0 unspecified atom stereocenters. The molecule has 19 heavy (non-hydrogen) atoms. The Morgan fingerprint density at radius 3 is 2.68 bits per heavy atom. The molecule has 0 radical (unpaired) electrons. The fraction of sp³-hybridized carbons (Fsp3) is 0. The van der Waals surface area contributed by atoms with Crippen molar-refractivity contribution in [3.05, 3.63) is 59.4 Å². The van der Waals surface area contributed by atoms with Gasteiger partial charge in [-0.3, -0.25) is 4.79 Å². The van der Waals surface area contributed by atoms with Crippen LogP contribution in [0, 0.1) is 17.1 Å². The van der Waals surface area contributed by atoms with Crippen LogP contribution in [0.1, 0.15) is 15.9 Å². The molecule has 0 saturated carbocycles. The van der Waals surface area contributed by atoms with Gasteiger partial charge in [-0.05, 0) is 30.3 Å². The number of benzene rings is 2. The molecule has 94 valence electrons. The maximum absolute atomic E-state index is 13.2. The van der Waals surface area contributed by atoms with Crippen LogP contribution in [0.15, 0.2) is 42.5 Å². The Morgan fingerprint density at radius 2 is 2.00 bits per heavy atom. The van der Waals surface area contributed by atoms with Crippen molar-refractivity contribution in [3.63, 3.8) is 0 Å². The Labute approximate surface area is 109 Å². The van der Waals surface area contributed by atoms with E-state index in [9.17, 15) is 9.18 Å². The summed E-state index contributed by atoms with van der Waals surface area (Å²) in [5.74, 6) is -1.10. The first-order valence-corrected chi connectivity index (χ1v) is 5.46. The van der Waals surface area contributed by atoms with E-state index in [-0.39, 0.29) is 11.3 Å². The Bertz CT molecular complexity index is 656. The smallest absolute Gasteiger partial charge is 0.255 e. The van der Waals surface area contributed by atoms with Crippen LogP contribution in [-0.4, -0.2) is 5.91 Å². The summed E-state index contributed by atoms with van der Waals surface area (Å²) in [6.07, 6.45) is 0. The summed E-state index contributed by atoms with van der Waals surface area (Å²) in [6, 6.07) is 12.1. The first-order chi connectivity index (χ1) is 9.10. The van der Waals surface area contributed by atoms with Gasteiger partial charge >= 0.3 is 0 Å². The number of amides is 1. The normalized spacial score (nSPS) is 9.68. The number of nitriles is 1. The highest BCUT2D eigenvalue weighted by Crippen LogP contribution is 2.16. The fourth-order valence-corrected chi connectivity index (χ4v) is 1.63. The second-order valence-electron chi connectivity index (χ2n) is 3.88. The van der Waals surface area contributed by atoms with Gasteiger partial charge in [-0.2, -0.15) is 5.26 Å². The van der Waals surface area contributed by atoms with Gasteiger partial charge in [-0.25, -0.2) is 4.39 Å². The van der Waals surface area contributed by atoms with E-state index < -0.39 is 11.7 Å². The minimum atomic E-state index is -0.585. The first-order valence-electron chi connectivity index (χ1n) is 5.46. The van der Waals surface area contributed by atoms with E-state index >= 15 is 0 Å². The zero-order chi connectivity index (χ0) is 13.8. The maximum atomic E-state index is 13.2. The largest absolute Gasteiger partial charge is 0.399 e. The van der Waals surface area contributed by atoms with Gasteiger partial charge < -0.3 is 11.1 Å². The van der Waals surface area contributed by atoms with E-state index in [0.717, 1.165) is 12.1 Å². The highest BCUT2D eigenvalue weighted by molar-refractivity contribution is 6.05. The Morgan fingerprint density at radius 1 is 1.26 bits per heavy atom. The molecule has 5 heteroatoms. The third-order valence-electron chi connectivity index (χ3n) is 2.48. The molecule has 0 spiro atoms. The number of rotatable bonds is 2. The van der Waals surface area contributed by atoms with E-state index in [1.807, 2.05) is 6.07 Å². The van der Waals surface area contributed by atoms with E-state index in [2.05, 4.69) is 5.32 Å². The van der Waals surface area contributed by atoms with Crippen LogP contribution in [-0.2, 0) is 0 Å². The standard InChI is InChI=1S/C14H10FN3O/c15-11-5-10(6-12(17)7-11)14(19)18-13-4-2-1-3-9(13)8-16/h1-7H,17H2,(H,18,19). The molecule has 0 aliphatic rings. The quantitative estimate of drug-likeness (QED) is 0.809. The molecule has 0 fully saturated rings. The number of halogens is 1. The summed E-state index contributed by atoms with van der Waals surface area (Å²) in [6.45, 7) is 0. The number of carbonyl (C=O) groups excluding carboxylic acids is 1. The predicted octanol–water partition coefficient (Wildman–Crippen LogP) is 2.53. The van der Waals surface area contributed by atoms with Crippen LogP contribution in [0.5, 0.6) is 0 Å². The molecule has 2 aromatic carbocycles. The number of hydrogen-bond donors (Lipinski definition) is 2. The number of nitrogens with two attached hydrogens (primary N) is 1. The number of nitrogens with one attached hydrogen (secondary N) is 1. The number of anilines is 2. The van der Waals surface area contributed by atoms with Gasteiger partial charge in [0.2, 0.25) is 0 Å². The van der Waals surface area contributed by atoms with Crippen LogP contribution < -0.4 is 11.1 Å². The molecule has 2 aromatic rings. The lowest BCUT2D eigenvalue weighted by molar-refractivity contribution is 0.102. The first kappa shape index (κ1) is 12.6. The van der Waals surface area contributed by atoms with E-state index in [4.69, 9.17) is 11.0 Å². The van der Waals surface area contributed by atoms with Crippen molar-refractivity contribution in [2.45, 2.75) is 0 Å². The van der Waals surface area contributed by atoms with Gasteiger partial charge in [0.05, 0.1) is 11.3 Å². The highest BCUT2D eigenvalue weighted by atomic mass is 19.1. The molecule has 0 aliphatic heterocycles. The lowest BCUT2D eigenvalue weighted by Crippen LogP contribution is -2.13. The van der Waals surface area contributed by atoms with Gasteiger partial charge in [-0.15, -0.1) is 0 Å². The number of carbonyl (C=O) groups is 1. The Kier molecular flexibility index (Phi) is 3.44. The van der Waals surface area contributed by atoms with Crippen LogP contribution in [0.25, 0.3) is 0 Å². The summed E-state index contributed by atoms with van der Waals surface area (Å²) < 4.78 is 13.2. The molecular formula is C14H10FN3O. The van der Waals surface area contributed by atoms with Crippen molar-refractivity contribution in [1.29, 1.82) is 5.26 Å². The second kappa shape index (κ2) is 5.19. The molecule has 2 rings (SSSR count). The topological polar surface area (TPSA) is 78.9 Å². The summed E-state index contributed by atoms with van der Waals surface area (Å²) >= 11 is 0. The van der Waals surface area contributed by atoms with E-state index in [1.165, 1.54) is 6.07 Å². The third-order valence-corrected chi connectivity index (χ3v) is 2.48. The number of nitrogen functional groups attached to an aromatic ring is 1. The van der Waals surface area contributed by atoms with Crippen LogP contribution >= 0.6 is 0 Å². The minimum Gasteiger partial charge on any atom is -0.399 e. The van der Waals surface area contributed by atoms with Crippen LogP contribution in [0.3, 0.4) is 0 Å². The molecule has 0 bridgehead atoms. The summed E-state index contributed by atoms with van der Waals surface area (Å²) in [5.41, 5.74) is 6.45. The molecule has 3 N–H and O–H groups in total. The third kappa shape index (κ3) is 2.87. The van der Waals surface area contributed by atoms with Gasteiger partial charge in [0.15, 0.2) is 0 Å². The number of hydrogen-bond acceptors (Lipinski definition) is 3. The van der Waals surface area contributed by atoms with E-state index in [0.29, 0.717) is 11.3 Å². The molecule has 0 heterocycles. The molecule has 0 atom stereocenters. The van der Waals surface area contributed by atoms with Crippen molar-refractivity contribution in [2.24, 2.45) is 0 Å². The van der Waals surface area contributed by atoms with Crippen molar-refractivity contribution < 1.29 is 9.18 Å². The number of nitrogens with zero attached hydrogens (tertiary/aromatic N) is 1. The number of para-hydroxylation sites is 1. The lowest BCUT2D eigenvalue weighted by Gasteiger charge is -2.07. The summed E-state index contributed by atoms with van der Waals surface area (Å²) in [7, 11) is 0. The molecule has 4 nitrogen and oxygen atoms in total.